The van der Waals surface area contributed by atoms with Crippen molar-refractivity contribution >= 4 is 21.6 Å². The van der Waals surface area contributed by atoms with Gasteiger partial charge < -0.3 is 5.32 Å². The lowest BCUT2D eigenvalue weighted by molar-refractivity contribution is 0.333. The number of hydrogen-bond donors (Lipinski definition) is 1. The fourth-order valence-corrected chi connectivity index (χ4v) is 2.82. The van der Waals surface area contributed by atoms with E-state index in [-0.39, 0.29) is 0 Å². The van der Waals surface area contributed by atoms with E-state index in [1.807, 2.05) is 0 Å². The summed E-state index contributed by atoms with van der Waals surface area (Å²) in [6.07, 6.45) is 4.23. The van der Waals surface area contributed by atoms with Crippen LogP contribution in [0.5, 0.6) is 0 Å². The number of rotatable bonds is 3. The Morgan fingerprint density at radius 3 is 2.33 bits per heavy atom. The quantitative estimate of drug-likeness (QED) is 0.862. The Morgan fingerprint density at radius 1 is 1.27 bits per heavy atom. The van der Waals surface area contributed by atoms with Crippen molar-refractivity contribution in [3.8, 4) is 0 Å². The second-order valence-electron chi connectivity index (χ2n) is 4.59. The molecule has 0 aromatic heterocycles. The Morgan fingerprint density at radius 2 is 1.87 bits per heavy atom. The summed E-state index contributed by atoms with van der Waals surface area (Å²) in [6.45, 7) is 5.48. The number of anilines is 1. The predicted molar refractivity (Wildman–Crippen MR) is 69.4 cm³/mol. The highest BCUT2D eigenvalue weighted by Crippen LogP contribution is 2.29. The molecule has 0 spiro atoms. The van der Waals surface area contributed by atoms with Crippen LogP contribution in [0.25, 0.3) is 0 Å². The van der Waals surface area contributed by atoms with Crippen LogP contribution in [0, 0.1) is 19.8 Å². The van der Waals surface area contributed by atoms with Crippen LogP contribution in [0.3, 0.4) is 0 Å². The van der Waals surface area contributed by atoms with E-state index in [2.05, 4.69) is 47.2 Å². The average molecular weight is 268 g/mol. The van der Waals surface area contributed by atoms with Gasteiger partial charge in [0.2, 0.25) is 0 Å². The molecule has 1 aliphatic rings. The van der Waals surface area contributed by atoms with Crippen LogP contribution in [-0.4, -0.2) is 6.54 Å². The number of benzene rings is 1. The predicted octanol–water partition coefficient (Wildman–Crippen LogP) is 4.28. The van der Waals surface area contributed by atoms with E-state index in [0.29, 0.717) is 0 Å². The zero-order valence-corrected chi connectivity index (χ0v) is 11.0. The first-order valence-electron chi connectivity index (χ1n) is 5.67. The molecule has 0 saturated heterocycles. The third-order valence-electron chi connectivity index (χ3n) is 3.29. The molecule has 1 aliphatic carbocycles. The van der Waals surface area contributed by atoms with Gasteiger partial charge in [0.1, 0.15) is 0 Å². The van der Waals surface area contributed by atoms with Gasteiger partial charge in [0.15, 0.2) is 0 Å². The Bertz CT molecular complexity index is 333. The van der Waals surface area contributed by atoms with Gasteiger partial charge in [-0.1, -0.05) is 22.4 Å². The minimum Gasteiger partial charge on any atom is -0.384 e. The summed E-state index contributed by atoms with van der Waals surface area (Å²) in [5.74, 6) is 0.910. The van der Waals surface area contributed by atoms with Gasteiger partial charge in [-0.25, -0.2) is 0 Å². The smallest absolute Gasteiger partial charge is 0.0400 e. The van der Waals surface area contributed by atoms with Crippen molar-refractivity contribution < 1.29 is 0 Å². The Balaban J connectivity index is 2.05. The summed E-state index contributed by atoms with van der Waals surface area (Å²) in [5.41, 5.74) is 3.99. The summed E-state index contributed by atoms with van der Waals surface area (Å²) in [7, 11) is 0. The molecule has 1 nitrogen and oxygen atoms in total. The van der Waals surface area contributed by atoms with Crippen LogP contribution in [0.2, 0.25) is 0 Å². The minimum atomic E-state index is 0.910. The van der Waals surface area contributed by atoms with Gasteiger partial charge >= 0.3 is 0 Å². The van der Waals surface area contributed by atoms with Gasteiger partial charge in [0.25, 0.3) is 0 Å². The summed E-state index contributed by atoms with van der Waals surface area (Å²) in [4.78, 5) is 0. The lowest BCUT2D eigenvalue weighted by Crippen LogP contribution is -2.21. The van der Waals surface area contributed by atoms with Crippen molar-refractivity contribution in [2.75, 3.05) is 11.9 Å². The highest BCUT2D eigenvalue weighted by molar-refractivity contribution is 9.10. The first-order chi connectivity index (χ1) is 7.16. The van der Waals surface area contributed by atoms with E-state index in [9.17, 15) is 0 Å². The summed E-state index contributed by atoms with van der Waals surface area (Å²) in [6, 6.07) is 4.35. The Kier molecular flexibility index (Phi) is 3.35. The maximum Gasteiger partial charge on any atom is 0.0400 e. The molecule has 1 N–H and O–H groups in total. The number of aryl methyl sites for hydroxylation is 2. The molecule has 2 heteroatoms. The molecule has 1 aromatic carbocycles. The molecule has 0 amide bonds. The molecule has 1 fully saturated rings. The van der Waals surface area contributed by atoms with Gasteiger partial charge in [0.05, 0.1) is 0 Å². The van der Waals surface area contributed by atoms with Gasteiger partial charge in [-0.15, -0.1) is 0 Å². The first-order valence-corrected chi connectivity index (χ1v) is 6.46. The number of hydrogen-bond acceptors (Lipinski definition) is 1. The zero-order valence-electron chi connectivity index (χ0n) is 9.44. The molecule has 0 radical (unpaired) electrons. The van der Waals surface area contributed by atoms with Crippen LogP contribution in [0.15, 0.2) is 16.6 Å². The van der Waals surface area contributed by atoms with E-state index in [1.54, 1.807) is 0 Å². The standard InChI is InChI=1S/C13H18BrN/c1-9-6-12(14)7-10(2)13(9)15-8-11-4-3-5-11/h6-7,11,15H,3-5,8H2,1-2H3. The van der Waals surface area contributed by atoms with Crippen molar-refractivity contribution in [2.24, 2.45) is 5.92 Å². The molecular weight excluding hydrogens is 250 g/mol. The molecule has 1 saturated carbocycles. The largest absolute Gasteiger partial charge is 0.384 e. The molecule has 0 bridgehead atoms. The fraction of sp³-hybridized carbons (Fsp3) is 0.538. The van der Waals surface area contributed by atoms with E-state index < -0.39 is 0 Å². The number of halogens is 1. The van der Waals surface area contributed by atoms with Crippen molar-refractivity contribution in [1.29, 1.82) is 0 Å². The monoisotopic (exact) mass is 267 g/mol. The third-order valence-corrected chi connectivity index (χ3v) is 3.75. The van der Waals surface area contributed by atoms with Crippen molar-refractivity contribution in [2.45, 2.75) is 33.1 Å². The van der Waals surface area contributed by atoms with Crippen molar-refractivity contribution in [3.05, 3.63) is 27.7 Å². The molecule has 82 valence electrons. The molecular formula is C13H18BrN. The van der Waals surface area contributed by atoms with E-state index in [4.69, 9.17) is 0 Å². The SMILES string of the molecule is Cc1cc(Br)cc(C)c1NCC1CCC1. The summed E-state index contributed by atoms with van der Waals surface area (Å²) < 4.78 is 1.17. The molecule has 0 atom stereocenters. The van der Waals surface area contributed by atoms with Crippen molar-refractivity contribution in [1.82, 2.24) is 0 Å². The summed E-state index contributed by atoms with van der Waals surface area (Å²) in [5, 5.41) is 3.59. The zero-order chi connectivity index (χ0) is 10.8. The van der Waals surface area contributed by atoms with Crippen LogP contribution in [-0.2, 0) is 0 Å². The maximum absolute atomic E-state index is 3.59. The van der Waals surface area contributed by atoms with Gasteiger partial charge in [-0.05, 0) is 55.9 Å². The van der Waals surface area contributed by atoms with Crippen molar-refractivity contribution in [3.63, 3.8) is 0 Å². The summed E-state index contributed by atoms with van der Waals surface area (Å²) >= 11 is 3.52. The fourth-order valence-electron chi connectivity index (χ4n) is 2.13. The molecule has 0 unspecified atom stereocenters. The second-order valence-corrected chi connectivity index (χ2v) is 5.51. The minimum absolute atomic E-state index is 0.910. The van der Waals surface area contributed by atoms with Gasteiger partial charge in [0, 0.05) is 16.7 Å². The molecule has 2 rings (SSSR count). The van der Waals surface area contributed by atoms with Gasteiger partial charge in [-0.2, -0.15) is 0 Å². The highest BCUT2D eigenvalue weighted by atomic mass is 79.9. The maximum atomic E-state index is 3.59. The molecule has 1 aromatic rings. The number of nitrogens with one attached hydrogen (secondary N) is 1. The van der Waals surface area contributed by atoms with Crippen LogP contribution in [0.1, 0.15) is 30.4 Å². The second kappa shape index (κ2) is 4.56. The highest BCUT2D eigenvalue weighted by Gasteiger charge is 2.17. The van der Waals surface area contributed by atoms with E-state index in [1.165, 1.54) is 40.5 Å². The molecule has 0 aliphatic heterocycles. The lowest BCUT2D eigenvalue weighted by atomic mass is 9.85. The van der Waals surface area contributed by atoms with Crippen LogP contribution >= 0.6 is 15.9 Å². The van der Waals surface area contributed by atoms with E-state index >= 15 is 0 Å². The Hall–Kier alpha value is -0.500. The first kappa shape index (κ1) is 11.0. The molecule has 15 heavy (non-hydrogen) atoms. The van der Waals surface area contributed by atoms with Crippen LogP contribution < -0.4 is 5.32 Å². The lowest BCUT2D eigenvalue weighted by Gasteiger charge is -2.26. The molecule has 0 heterocycles. The normalized spacial score (nSPS) is 16.2. The van der Waals surface area contributed by atoms with E-state index in [0.717, 1.165) is 12.5 Å². The Labute approximate surface area is 100 Å². The topological polar surface area (TPSA) is 12.0 Å². The average Bonchev–Trinajstić information content (AvgIpc) is 2.06. The van der Waals surface area contributed by atoms with Crippen LogP contribution in [0.4, 0.5) is 5.69 Å². The van der Waals surface area contributed by atoms with Gasteiger partial charge in [-0.3, -0.25) is 0 Å². The third kappa shape index (κ3) is 2.54.